The second-order valence-corrected chi connectivity index (χ2v) is 4.34. The summed E-state index contributed by atoms with van der Waals surface area (Å²) < 4.78 is 6.87. The van der Waals surface area contributed by atoms with Gasteiger partial charge in [0.25, 0.3) is 0 Å². The molecule has 0 aromatic carbocycles. The Kier molecular flexibility index (Phi) is 4.14. The van der Waals surface area contributed by atoms with Crippen LogP contribution >= 0.6 is 0 Å². The molecule has 1 atom stereocenters. The monoisotopic (exact) mass is 237 g/mol. The fourth-order valence-corrected chi connectivity index (χ4v) is 2.16. The SMILES string of the molecule is CCOC(=O)c1cncn1CCC1CCNC1. The molecular formula is C12H19N3O2. The number of aryl methyl sites for hydroxylation is 1. The van der Waals surface area contributed by atoms with Crippen molar-refractivity contribution in [1.82, 2.24) is 14.9 Å². The van der Waals surface area contributed by atoms with Crippen LogP contribution in [0.3, 0.4) is 0 Å². The van der Waals surface area contributed by atoms with Gasteiger partial charge in [-0.15, -0.1) is 0 Å². The van der Waals surface area contributed by atoms with E-state index in [0.717, 1.165) is 26.1 Å². The van der Waals surface area contributed by atoms with Crippen molar-refractivity contribution in [2.24, 2.45) is 5.92 Å². The normalized spacial score (nSPS) is 19.5. The zero-order valence-corrected chi connectivity index (χ0v) is 10.2. The molecule has 2 heterocycles. The van der Waals surface area contributed by atoms with E-state index in [4.69, 9.17) is 4.74 Å². The maximum atomic E-state index is 11.6. The van der Waals surface area contributed by atoms with Gasteiger partial charge in [-0.05, 0) is 38.8 Å². The van der Waals surface area contributed by atoms with Gasteiger partial charge in [-0.2, -0.15) is 0 Å². The van der Waals surface area contributed by atoms with E-state index in [2.05, 4.69) is 10.3 Å². The van der Waals surface area contributed by atoms with Crippen molar-refractivity contribution in [2.45, 2.75) is 26.3 Å². The Hall–Kier alpha value is -1.36. The molecule has 1 aliphatic rings. The molecule has 0 aliphatic carbocycles. The lowest BCUT2D eigenvalue weighted by Crippen LogP contribution is -2.15. The number of rotatable bonds is 5. The van der Waals surface area contributed by atoms with E-state index >= 15 is 0 Å². The molecule has 2 rings (SSSR count). The van der Waals surface area contributed by atoms with Crippen LogP contribution in [0.15, 0.2) is 12.5 Å². The molecule has 1 aromatic rings. The number of carbonyl (C=O) groups excluding carboxylic acids is 1. The summed E-state index contributed by atoms with van der Waals surface area (Å²) in [6, 6.07) is 0. The molecule has 1 unspecified atom stereocenters. The number of ether oxygens (including phenoxy) is 1. The highest BCUT2D eigenvalue weighted by molar-refractivity contribution is 5.87. The van der Waals surface area contributed by atoms with E-state index in [1.54, 1.807) is 12.5 Å². The average molecular weight is 237 g/mol. The van der Waals surface area contributed by atoms with Gasteiger partial charge in [0.15, 0.2) is 0 Å². The van der Waals surface area contributed by atoms with Gasteiger partial charge in [0, 0.05) is 6.54 Å². The highest BCUT2D eigenvalue weighted by Gasteiger charge is 2.17. The molecule has 0 saturated carbocycles. The molecule has 1 fully saturated rings. The van der Waals surface area contributed by atoms with Gasteiger partial charge >= 0.3 is 5.97 Å². The molecule has 5 heteroatoms. The van der Waals surface area contributed by atoms with E-state index in [1.807, 2.05) is 11.5 Å². The summed E-state index contributed by atoms with van der Waals surface area (Å²) >= 11 is 0. The van der Waals surface area contributed by atoms with Gasteiger partial charge in [-0.1, -0.05) is 0 Å². The molecule has 0 bridgehead atoms. The zero-order chi connectivity index (χ0) is 12.1. The number of nitrogens with one attached hydrogen (secondary N) is 1. The van der Waals surface area contributed by atoms with E-state index in [9.17, 15) is 4.79 Å². The molecule has 1 N–H and O–H groups in total. The maximum Gasteiger partial charge on any atom is 0.356 e. The lowest BCUT2D eigenvalue weighted by molar-refractivity contribution is 0.0513. The maximum absolute atomic E-state index is 11.6. The Morgan fingerprint density at radius 1 is 1.71 bits per heavy atom. The third kappa shape index (κ3) is 3.06. The molecule has 1 saturated heterocycles. The van der Waals surface area contributed by atoms with Crippen LogP contribution in [0, 0.1) is 5.92 Å². The predicted octanol–water partition coefficient (Wildman–Crippen LogP) is 1.06. The first-order valence-corrected chi connectivity index (χ1v) is 6.19. The Balaban J connectivity index is 1.91. The molecule has 1 aliphatic heterocycles. The van der Waals surface area contributed by atoms with Gasteiger partial charge < -0.3 is 14.6 Å². The van der Waals surface area contributed by atoms with Gasteiger partial charge in [-0.25, -0.2) is 9.78 Å². The van der Waals surface area contributed by atoms with Crippen LogP contribution in [-0.4, -0.2) is 35.2 Å². The van der Waals surface area contributed by atoms with Crippen LogP contribution in [-0.2, 0) is 11.3 Å². The minimum Gasteiger partial charge on any atom is -0.461 e. The molecule has 0 spiro atoms. The first kappa shape index (κ1) is 12.1. The lowest BCUT2D eigenvalue weighted by atomic mass is 10.1. The van der Waals surface area contributed by atoms with Crippen molar-refractivity contribution in [3.8, 4) is 0 Å². The second kappa shape index (κ2) is 5.82. The Morgan fingerprint density at radius 2 is 2.59 bits per heavy atom. The summed E-state index contributed by atoms with van der Waals surface area (Å²) in [4.78, 5) is 15.6. The van der Waals surface area contributed by atoms with Gasteiger partial charge in [0.05, 0.1) is 19.1 Å². The predicted molar refractivity (Wildman–Crippen MR) is 63.8 cm³/mol. The number of nitrogens with zero attached hydrogens (tertiary/aromatic N) is 2. The van der Waals surface area contributed by atoms with E-state index in [0.29, 0.717) is 18.2 Å². The molecule has 0 amide bonds. The standard InChI is InChI=1S/C12H19N3O2/c1-2-17-12(16)11-8-14-9-15(11)6-4-10-3-5-13-7-10/h8-10,13H,2-7H2,1H3. The first-order valence-electron chi connectivity index (χ1n) is 6.19. The first-order chi connectivity index (χ1) is 8.31. The molecule has 0 radical (unpaired) electrons. The van der Waals surface area contributed by atoms with Crippen LogP contribution in [0.25, 0.3) is 0 Å². The fraction of sp³-hybridized carbons (Fsp3) is 0.667. The Labute approximate surface area is 101 Å². The van der Waals surface area contributed by atoms with Gasteiger partial charge in [-0.3, -0.25) is 0 Å². The van der Waals surface area contributed by atoms with E-state index < -0.39 is 0 Å². The second-order valence-electron chi connectivity index (χ2n) is 4.34. The number of hydrogen-bond acceptors (Lipinski definition) is 4. The third-order valence-electron chi connectivity index (χ3n) is 3.14. The summed E-state index contributed by atoms with van der Waals surface area (Å²) in [6.45, 7) is 5.24. The van der Waals surface area contributed by atoms with Crippen LogP contribution in [0.1, 0.15) is 30.3 Å². The molecule has 17 heavy (non-hydrogen) atoms. The van der Waals surface area contributed by atoms with Crippen LogP contribution in [0.4, 0.5) is 0 Å². The largest absolute Gasteiger partial charge is 0.461 e. The van der Waals surface area contributed by atoms with E-state index in [1.165, 1.54) is 6.42 Å². The summed E-state index contributed by atoms with van der Waals surface area (Å²) in [7, 11) is 0. The number of hydrogen-bond donors (Lipinski definition) is 1. The van der Waals surface area contributed by atoms with Crippen LogP contribution in [0.2, 0.25) is 0 Å². The van der Waals surface area contributed by atoms with Crippen molar-refractivity contribution in [2.75, 3.05) is 19.7 Å². The highest BCUT2D eigenvalue weighted by atomic mass is 16.5. The van der Waals surface area contributed by atoms with Crippen LogP contribution in [0.5, 0.6) is 0 Å². The topological polar surface area (TPSA) is 56.1 Å². The lowest BCUT2D eigenvalue weighted by Gasteiger charge is -2.10. The smallest absolute Gasteiger partial charge is 0.356 e. The van der Waals surface area contributed by atoms with Crippen molar-refractivity contribution >= 4 is 5.97 Å². The summed E-state index contributed by atoms with van der Waals surface area (Å²) in [6.07, 6.45) is 5.58. The number of aromatic nitrogens is 2. The molecule has 1 aromatic heterocycles. The summed E-state index contributed by atoms with van der Waals surface area (Å²) in [5.74, 6) is 0.432. The molecule has 5 nitrogen and oxygen atoms in total. The van der Waals surface area contributed by atoms with Crippen molar-refractivity contribution < 1.29 is 9.53 Å². The molecular weight excluding hydrogens is 218 g/mol. The quantitative estimate of drug-likeness (QED) is 0.778. The average Bonchev–Trinajstić information content (AvgIpc) is 2.98. The van der Waals surface area contributed by atoms with Crippen molar-refractivity contribution in [3.63, 3.8) is 0 Å². The van der Waals surface area contributed by atoms with Crippen molar-refractivity contribution in [1.29, 1.82) is 0 Å². The minimum absolute atomic E-state index is 0.283. The van der Waals surface area contributed by atoms with Gasteiger partial charge in [0.2, 0.25) is 0 Å². The number of imidazole rings is 1. The Bertz CT molecular complexity index is 370. The Morgan fingerprint density at radius 3 is 3.29 bits per heavy atom. The number of carbonyl (C=O) groups is 1. The summed E-state index contributed by atoms with van der Waals surface area (Å²) in [5.41, 5.74) is 0.554. The van der Waals surface area contributed by atoms with Gasteiger partial charge in [0.1, 0.15) is 5.69 Å². The van der Waals surface area contributed by atoms with Crippen molar-refractivity contribution in [3.05, 3.63) is 18.2 Å². The number of esters is 1. The highest BCUT2D eigenvalue weighted by Crippen LogP contribution is 2.14. The minimum atomic E-state index is -0.283. The third-order valence-corrected chi connectivity index (χ3v) is 3.14. The van der Waals surface area contributed by atoms with Crippen LogP contribution < -0.4 is 5.32 Å². The molecule has 94 valence electrons. The zero-order valence-electron chi connectivity index (χ0n) is 10.2. The fourth-order valence-electron chi connectivity index (χ4n) is 2.16. The summed E-state index contributed by atoms with van der Waals surface area (Å²) in [5, 5.41) is 3.34. The van der Waals surface area contributed by atoms with E-state index in [-0.39, 0.29) is 5.97 Å².